The van der Waals surface area contributed by atoms with Crippen LogP contribution in [0.4, 0.5) is 0 Å². The Hall–Kier alpha value is -2.44. The van der Waals surface area contributed by atoms with Gasteiger partial charge in [-0.1, -0.05) is 17.7 Å². The van der Waals surface area contributed by atoms with E-state index >= 15 is 0 Å². The van der Waals surface area contributed by atoms with Crippen LogP contribution in [0.3, 0.4) is 0 Å². The van der Waals surface area contributed by atoms with Crippen molar-refractivity contribution in [3.8, 4) is 17.2 Å². The van der Waals surface area contributed by atoms with Gasteiger partial charge in [-0.2, -0.15) is 0 Å². The zero-order chi connectivity index (χ0) is 22.4. The fourth-order valence-corrected chi connectivity index (χ4v) is 4.37. The molecular weight excluding hydrogens is 418 g/mol. The minimum Gasteiger partial charge on any atom is -0.496 e. The van der Waals surface area contributed by atoms with E-state index < -0.39 is 11.9 Å². The molecule has 1 N–H and O–H groups in total. The molecule has 1 fully saturated rings. The number of hydrogen-bond acceptors (Lipinski definition) is 5. The van der Waals surface area contributed by atoms with E-state index in [2.05, 4.69) is 4.90 Å². The van der Waals surface area contributed by atoms with Gasteiger partial charge in [-0.15, -0.1) is 0 Å². The van der Waals surface area contributed by atoms with Crippen LogP contribution < -0.4 is 14.2 Å². The Morgan fingerprint density at radius 2 is 1.84 bits per heavy atom. The van der Waals surface area contributed by atoms with Gasteiger partial charge >= 0.3 is 5.97 Å². The van der Waals surface area contributed by atoms with Crippen LogP contribution >= 0.6 is 11.6 Å². The summed E-state index contributed by atoms with van der Waals surface area (Å²) in [4.78, 5) is 13.9. The number of carbonyl (C=O) groups is 1. The molecule has 2 aromatic carbocycles. The van der Waals surface area contributed by atoms with Crippen molar-refractivity contribution in [2.24, 2.45) is 5.92 Å². The fraction of sp³-hybridized carbons (Fsp3) is 0.458. The molecule has 1 aliphatic heterocycles. The molecule has 2 unspecified atom stereocenters. The first-order chi connectivity index (χ1) is 15.0. The van der Waals surface area contributed by atoms with Gasteiger partial charge in [0.1, 0.15) is 5.75 Å². The highest BCUT2D eigenvalue weighted by Gasteiger charge is 2.33. The van der Waals surface area contributed by atoms with Gasteiger partial charge in [0.25, 0.3) is 0 Å². The topological polar surface area (TPSA) is 68.2 Å². The molecule has 0 amide bonds. The molecule has 2 aromatic rings. The van der Waals surface area contributed by atoms with E-state index in [1.54, 1.807) is 13.2 Å². The summed E-state index contributed by atoms with van der Waals surface area (Å²) in [7, 11) is 1.63. The average Bonchev–Trinajstić information content (AvgIpc) is 2.76. The number of carboxylic acid groups (broad SMARTS) is 1. The van der Waals surface area contributed by atoms with Crippen LogP contribution in [0.25, 0.3) is 0 Å². The lowest BCUT2D eigenvalue weighted by Crippen LogP contribution is -2.41. The number of nitrogens with zero attached hydrogens (tertiary/aromatic N) is 1. The number of ether oxygens (including phenoxy) is 3. The van der Waals surface area contributed by atoms with Gasteiger partial charge in [-0.3, -0.25) is 9.69 Å². The third kappa shape index (κ3) is 5.43. The lowest BCUT2D eigenvalue weighted by Gasteiger charge is -2.38. The molecule has 0 radical (unpaired) electrons. The highest BCUT2D eigenvalue weighted by molar-refractivity contribution is 6.30. The average molecular weight is 448 g/mol. The number of halogens is 1. The van der Waals surface area contributed by atoms with Gasteiger partial charge in [0.05, 0.1) is 32.3 Å². The van der Waals surface area contributed by atoms with Crippen LogP contribution in [0.5, 0.6) is 17.2 Å². The Balaban J connectivity index is 2.11. The standard InChI is InChI=1S/C24H30ClNO5/c1-4-30-21-10-8-16(13-22(21)31-5-2)23(19-14-18(25)9-11-20(19)29-3)26-12-6-7-17(15-26)24(27)28/h8-11,13-14,17,23H,4-7,12,15H2,1-3H3,(H,27,28). The van der Waals surface area contributed by atoms with Crippen LogP contribution in [-0.4, -0.2) is 49.4 Å². The predicted octanol–water partition coefficient (Wildman–Crippen LogP) is 5.03. The number of rotatable bonds is 9. The second-order valence-corrected chi connectivity index (χ2v) is 7.97. The predicted molar refractivity (Wildman–Crippen MR) is 121 cm³/mol. The third-order valence-corrected chi connectivity index (χ3v) is 5.77. The fourth-order valence-electron chi connectivity index (χ4n) is 4.19. The maximum atomic E-state index is 11.7. The normalized spacial score (nSPS) is 17.7. The van der Waals surface area contributed by atoms with Gasteiger partial charge in [-0.05, 0) is 69.1 Å². The summed E-state index contributed by atoms with van der Waals surface area (Å²) < 4.78 is 17.2. The number of hydrogen-bond donors (Lipinski definition) is 1. The third-order valence-electron chi connectivity index (χ3n) is 5.54. The van der Waals surface area contributed by atoms with Crippen molar-refractivity contribution >= 4 is 17.6 Å². The molecule has 1 aliphatic rings. The molecule has 0 aliphatic carbocycles. The highest BCUT2D eigenvalue weighted by atomic mass is 35.5. The first-order valence-corrected chi connectivity index (χ1v) is 11.1. The number of benzene rings is 2. The van der Waals surface area contributed by atoms with Gasteiger partial charge in [0.2, 0.25) is 0 Å². The Labute approximate surface area is 188 Å². The summed E-state index contributed by atoms with van der Waals surface area (Å²) in [6.07, 6.45) is 1.49. The van der Waals surface area contributed by atoms with E-state index in [-0.39, 0.29) is 6.04 Å². The summed E-state index contributed by atoms with van der Waals surface area (Å²) >= 11 is 6.36. The molecule has 3 rings (SSSR count). The largest absolute Gasteiger partial charge is 0.496 e. The quantitative estimate of drug-likeness (QED) is 0.581. The molecule has 0 saturated carbocycles. The van der Waals surface area contributed by atoms with Crippen molar-refractivity contribution in [2.75, 3.05) is 33.4 Å². The molecule has 6 nitrogen and oxygen atoms in total. The molecule has 2 atom stereocenters. The summed E-state index contributed by atoms with van der Waals surface area (Å²) in [6.45, 7) is 6.15. The number of aliphatic carboxylic acids is 1. The first-order valence-electron chi connectivity index (χ1n) is 10.7. The van der Waals surface area contributed by atoms with Crippen molar-refractivity contribution < 1.29 is 24.1 Å². The van der Waals surface area contributed by atoms with Crippen molar-refractivity contribution in [1.29, 1.82) is 0 Å². The number of methoxy groups -OCH3 is 1. The SMILES string of the molecule is CCOc1ccc(C(c2cc(Cl)ccc2OC)N2CCCC(C(=O)O)C2)cc1OCC. The first kappa shape index (κ1) is 23.2. The van der Waals surface area contributed by atoms with E-state index in [9.17, 15) is 9.90 Å². The Morgan fingerprint density at radius 3 is 2.52 bits per heavy atom. The summed E-state index contributed by atoms with van der Waals surface area (Å²) in [5.74, 6) is 0.893. The molecule has 1 heterocycles. The van der Waals surface area contributed by atoms with Gasteiger partial charge in [-0.25, -0.2) is 0 Å². The molecular formula is C24H30ClNO5. The van der Waals surface area contributed by atoms with E-state index in [4.69, 9.17) is 25.8 Å². The number of likely N-dealkylation sites (tertiary alicyclic amines) is 1. The maximum Gasteiger partial charge on any atom is 0.307 e. The number of piperidine rings is 1. The smallest absolute Gasteiger partial charge is 0.307 e. The van der Waals surface area contributed by atoms with E-state index in [0.29, 0.717) is 48.5 Å². The van der Waals surface area contributed by atoms with Crippen LogP contribution in [0, 0.1) is 5.92 Å². The molecule has 0 spiro atoms. The minimum atomic E-state index is -0.761. The summed E-state index contributed by atoms with van der Waals surface area (Å²) in [5.41, 5.74) is 1.87. The Bertz CT molecular complexity index is 904. The van der Waals surface area contributed by atoms with Crippen LogP contribution in [-0.2, 0) is 4.79 Å². The van der Waals surface area contributed by atoms with Gasteiger partial charge < -0.3 is 19.3 Å². The zero-order valence-corrected chi connectivity index (χ0v) is 19.0. The molecule has 168 valence electrons. The van der Waals surface area contributed by atoms with Gasteiger partial charge in [0.15, 0.2) is 11.5 Å². The second-order valence-electron chi connectivity index (χ2n) is 7.53. The molecule has 31 heavy (non-hydrogen) atoms. The Morgan fingerprint density at radius 1 is 1.13 bits per heavy atom. The lowest BCUT2D eigenvalue weighted by atomic mass is 9.91. The van der Waals surface area contributed by atoms with Crippen LogP contribution in [0.1, 0.15) is 43.9 Å². The summed E-state index contributed by atoms with van der Waals surface area (Å²) in [5, 5.41) is 10.2. The van der Waals surface area contributed by atoms with Gasteiger partial charge in [0, 0.05) is 17.1 Å². The monoisotopic (exact) mass is 447 g/mol. The highest BCUT2D eigenvalue weighted by Crippen LogP contribution is 2.41. The second kappa shape index (κ2) is 10.7. The molecule has 7 heteroatoms. The van der Waals surface area contributed by atoms with E-state index in [1.165, 1.54) is 0 Å². The van der Waals surface area contributed by atoms with Crippen molar-refractivity contribution in [1.82, 2.24) is 4.90 Å². The van der Waals surface area contributed by atoms with E-state index in [0.717, 1.165) is 24.1 Å². The van der Waals surface area contributed by atoms with Crippen molar-refractivity contribution in [3.05, 3.63) is 52.5 Å². The Kier molecular flexibility index (Phi) is 8.04. The van der Waals surface area contributed by atoms with Crippen LogP contribution in [0.15, 0.2) is 36.4 Å². The summed E-state index contributed by atoms with van der Waals surface area (Å²) in [6, 6.07) is 11.2. The van der Waals surface area contributed by atoms with E-state index in [1.807, 2.05) is 44.2 Å². The minimum absolute atomic E-state index is 0.231. The van der Waals surface area contributed by atoms with Crippen molar-refractivity contribution in [2.45, 2.75) is 32.7 Å². The molecule has 0 bridgehead atoms. The molecule has 0 aromatic heterocycles. The maximum absolute atomic E-state index is 11.7. The lowest BCUT2D eigenvalue weighted by molar-refractivity contribution is -0.143. The van der Waals surface area contributed by atoms with Crippen LogP contribution in [0.2, 0.25) is 5.02 Å². The number of carboxylic acids is 1. The molecule has 1 saturated heterocycles. The zero-order valence-electron chi connectivity index (χ0n) is 18.3. The van der Waals surface area contributed by atoms with Crippen molar-refractivity contribution in [3.63, 3.8) is 0 Å².